The highest BCUT2D eigenvalue weighted by Crippen LogP contribution is 2.32. The lowest BCUT2D eigenvalue weighted by molar-refractivity contribution is 0.194. The summed E-state index contributed by atoms with van der Waals surface area (Å²) in [6.07, 6.45) is 0.975. The Morgan fingerprint density at radius 1 is 1.04 bits per heavy atom. The zero-order chi connectivity index (χ0) is 17.9. The van der Waals surface area contributed by atoms with E-state index in [4.69, 9.17) is 25.8 Å². The standard InChI is InChI=1S/C20H26ClNO3.ClH/c1-3-24-19-7-4-6-17(14-22-12-5-13-23-2)20(19)25-15-16-8-10-18(21)11-9-16;/h4,6-11,22H,3,5,12-15H2,1-2H3;1H. The van der Waals surface area contributed by atoms with Crippen LogP contribution in [0.2, 0.25) is 5.02 Å². The summed E-state index contributed by atoms with van der Waals surface area (Å²) in [7, 11) is 1.72. The summed E-state index contributed by atoms with van der Waals surface area (Å²) in [5.74, 6) is 1.56. The smallest absolute Gasteiger partial charge is 0.166 e. The normalized spacial score (nSPS) is 10.3. The van der Waals surface area contributed by atoms with Gasteiger partial charge >= 0.3 is 0 Å². The second-order valence-electron chi connectivity index (χ2n) is 5.62. The Balaban J connectivity index is 0.00000338. The minimum absolute atomic E-state index is 0. The van der Waals surface area contributed by atoms with Crippen LogP contribution in [0.4, 0.5) is 0 Å². The van der Waals surface area contributed by atoms with Crippen molar-refractivity contribution < 1.29 is 14.2 Å². The van der Waals surface area contributed by atoms with Crippen molar-refractivity contribution in [3.63, 3.8) is 0 Å². The van der Waals surface area contributed by atoms with Crippen LogP contribution in [0.15, 0.2) is 42.5 Å². The summed E-state index contributed by atoms with van der Waals surface area (Å²) in [5.41, 5.74) is 2.15. The molecule has 0 amide bonds. The van der Waals surface area contributed by atoms with Gasteiger partial charge in [0.05, 0.1) is 6.61 Å². The minimum atomic E-state index is 0. The maximum absolute atomic E-state index is 6.09. The van der Waals surface area contributed by atoms with Crippen LogP contribution in [0.25, 0.3) is 0 Å². The number of benzene rings is 2. The van der Waals surface area contributed by atoms with Crippen LogP contribution >= 0.6 is 24.0 Å². The van der Waals surface area contributed by atoms with E-state index >= 15 is 0 Å². The summed E-state index contributed by atoms with van der Waals surface area (Å²) >= 11 is 5.94. The number of hydrogen-bond donors (Lipinski definition) is 1. The molecule has 0 saturated heterocycles. The van der Waals surface area contributed by atoms with Gasteiger partial charge in [0, 0.05) is 30.8 Å². The van der Waals surface area contributed by atoms with Gasteiger partial charge < -0.3 is 19.5 Å². The third kappa shape index (κ3) is 7.42. The molecule has 0 heterocycles. The Kier molecular flexibility index (Phi) is 11.1. The average Bonchev–Trinajstić information content (AvgIpc) is 2.62. The van der Waals surface area contributed by atoms with Crippen LogP contribution in [0.1, 0.15) is 24.5 Å². The molecule has 2 aromatic carbocycles. The van der Waals surface area contributed by atoms with Gasteiger partial charge in [-0.05, 0) is 43.7 Å². The number of methoxy groups -OCH3 is 1. The van der Waals surface area contributed by atoms with Gasteiger partial charge in [-0.15, -0.1) is 12.4 Å². The van der Waals surface area contributed by atoms with Crippen LogP contribution in [-0.4, -0.2) is 26.9 Å². The van der Waals surface area contributed by atoms with E-state index in [0.29, 0.717) is 13.2 Å². The van der Waals surface area contributed by atoms with Crippen LogP contribution in [0.3, 0.4) is 0 Å². The van der Waals surface area contributed by atoms with Crippen LogP contribution in [0, 0.1) is 0 Å². The Bertz CT molecular complexity index is 635. The maximum atomic E-state index is 6.09. The number of nitrogens with one attached hydrogen (secondary N) is 1. The number of halogens is 2. The van der Waals surface area contributed by atoms with Gasteiger partial charge in [0.1, 0.15) is 6.61 Å². The van der Waals surface area contributed by atoms with Gasteiger partial charge in [0.15, 0.2) is 11.5 Å². The van der Waals surface area contributed by atoms with Crippen molar-refractivity contribution in [1.29, 1.82) is 0 Å². The van der Waals surface area contributed by atoms with Crippen molar-refractivity contribution in [3.05, 3.63) is 58.6 Å². The highest BCUT2D eigenvalue weighted by atomic mass is 35.5. The van der Waals surface area contributed by atoms with Crippen molar-refractivity contribution in [1.82, 2.24) is 5.32 Å². The van der Waals surface area contributed by atoms with E-state index in [1.54, 1.807) is 7.11 Å². The van der Waals surface area contributed by atoms with Gasteiger partial charge in [-0.3, -0.25) is 0 Å². The SMILES string of the molecule is CCOc1cccc(CNCCCOC)c1OCc1ccc(Cl)cc1.Cl. The molecule has 6 heteroatoms. The van der Waals surface area contributed by atoms with Gasteiger partial charge in [-0.1, -0.05) is 35.9 Å². The minimum Gasteiger partial charge on any atom is -0.490 e. The Morgan fingerprint density at radius 2 is 1.81 bits per heavy atom. The monoisotopic (exact) mass is 399 g/mol. The molecular formula is C20H27Cl2NO3. The molecule has 0 unspecified atom stereocenters. The van der Waals surface area contributed by atoms with Crippen LogP contribution < -0.4 is 14.8 Å². The molecule has 2 rings (SSSR count). The molecule has 0 saturated carbocycles. The first-order valence-electron chi connectivity index (χ1n) is 8.56. The van der Waals surface area contributed by atoms with Gasteiger partial charge in [-0.2, -0.15) is 0 Å². The molecule has 0 radical (unpaired) electrons. The van der Waals surface area contributed by atoms with Crippen molar-refractivity contribution >= 4 is 24.0 Å². The number of para-hydroxylation sites is 1. The van der Waals surface area contributed by atoms with Gasteiger partial charge in [-0.25, -0.2) is 0 Å². The molecule has 4 nitrogen and oxygen atoms in total. The lowest BCUT2D eigenvalue weighted by Gasteiger charge is -2.16. The van der Waals surface area contributed by atoms with Crippen molar-refractivity contribution in [2.45, 2.75) is 26.5 Å². The van der Waals surface area contributed by atoms with E-state index in [9.17, 15) is 0 Å². The average molecular weight is 400 g/mol. The quantitative estimate of drug-likeness (QED) is 0.547. The lowest BCUT2D eigenvalue weighted by Crippen LogP contribution is -2.17. The van der Waals surface area contributed by atoms with Gasteiger partial charge in [0.2, 0.25) is 0 Å². The molecule has 0 aromatic heterocycles. The van der Waals surface area contributed by atoms with E-state index in [1.807, 2.05) is 43.3 Å². The number of ether oxygens (including phenoxy) is 3. The predicted octanol–water partition coefficient (Wildman–Crippen LogP) is 4.87. The second-order valence-corrected chi connectivity index (χ2v) is 6.05. The molecule has 0 bridgehead atoms. The third-order valence-electron chi connectivity index (χ3n) is 3.67. The number of rotatable bonds is 11. The zero-order valence-electron chi connectivity index (χ0n) is 15.3. The van der Waals surface area contributed by atoms with E-state index in [0.717, 1.165) is 53.8 Å². The summed E-state index contributed by atoms with van der Waals surface area (Å²) in [5, 5.41) is 4.14. The van der Waals surface area contributed by atoms with Crippen molar-refractivity contribution in [2.75, 3.05) is 26.9 Å². The first-order chi connectivity index (χ1) is 12.2. The summed E-state index contributed by atoms with van der Waals surface area (Å²) in [6, 6.07) is 13.7. The predicted molar refractivity (Wildman–Crippen MR) is 109 cm³/mol. The molecule has 0 aliphatic carbocycles. The largest absolute Gasteiger partial charge is 0.490 e. The van der Waals surface area contributed by atoms with E-state index in [2.05, 4.69) is 11.4 Å². The van der Waals surface area contributed by atoms with Crippen molar-refractivity contribution in [2.24, 2.45) is 0 Å². The van der Waals surface area contributed by atoms with Crippen LogP contribution in [-0.2, 0) is 17.9 Å². The molecule has 0 aliphatic heterocycles. The van der Waals surface area contributed by atoms with Gasteiger partial charge in [0.25, 0.3) is 0 Å². The molecule has 0 aliphatic rings. The molecule has 2 aromatic rings. The fourth-order valence-electron chi connectivity index (χ4n) is 2.43. The highest BCUT2D eigenvalue weighted by Gasteiger charge is 2.11. The Labute approximate surface area is 167 Å². The van der Waals surface area contributed by atoms with E-state index in [-0.39, 0.29) is 12.4 Å². The molecular weight excluding hydrogens is 373 g/mol. The first kappa shape index (κ1) is 22.6. The van der Waals surface area contributed by atoms with Crippen LogP contribution in [0.5, 0.6) is 11.5 Å². The number of hydrogen-bond acceptors (Lipinski definition) is 4. The summed E-state index contributed by atoms with van der Waals surface area (Å²) < 4.78 is 16.9. The fourth-order valence-corrected chi connectivity index (χ4v) is 2.56. The molecule has 0 atom stereocenters. The molecule has 0 fully saturated rings. The van der Waals surface area contributed by atoms with E-state index < -0.39 is 0 Å². The fraction of sp³-hybridized carbons (Fsp3) is 0.400. The van der Waals surface area contributed by atoms with Crippen molar-refractivity contribution in [3.8, 4) is 11.5 Å². The summed E-state index contributed by atoms with van der Waals surface area (Å²) in [6.45, 7) is 5.41. The first-order valence-corrected chi connectivity index (χ1v) is 8.94. The third-order valence-corrected chi connectivity index (χ3v) is 3.93. The topological polar surface area (TPSA) is 39.7 Å². The van der Waals surface area contributed by atoms with E-state index in [1.165, 1.54) is 0 Å². The molecule has 26 heavy (non-hydrogen) atoms. The Hall–Kier alpha value is -1.46. The summed E-state index contributed by atoms with van der Waals surface area (Å²) in [4.78, 5) is 0. The Morgan fingerprint density at radius 3 is 2.50 bits per heavy atom. The molecule has 144 valence electrons. The second kappa shape index (κ2) is 12.8. The lowest BCUT2D eigenvalue weighted by atomic mass is 10.1. The molecule has 1 N–H and O–H groups in total. The maximum Gasteiger partial charge on any atom is 0.166 e. The molecule has 0 spiro atoms. The highest BCUT2D eigenvalue weighted by molar-refractivity contribution is 6.30. The zero-order valence-corrected chi connectivity index (χ0v) is 16.9.